The summed E-state index contributed by atoms with van der Waals surface area (Å²) in [5.74, 6) is 3.71. The van der Waals surface area contributed by atoms with Gasteiger partial charge in [-0.25, -0.2) is 0 Å². The van der Waals surface area contributed by atoms with Gasteiger partial charge in [0.05, 0.1) is 0 Å². The first-order valence-corrected chi connectivity index (χ1v) is 12.8. The molecule has 5 aliphatic rings. The number of piperazine rings is 1. The molecule has 5 fully saturated rings. The minimum Gasteiger partial charge on any atom is -0.484 e. The topological polar surface area (TPSA) is 49.9 Å². The van der Waals surface area contributed by atoms with E-state index >= 15 is 0 Å². The van der Waals surface area contributed by atoms with Crippen LogP contribution in [-0.2, 0) is 16.0 Å². The molecule has 0 aromatic heterocycles. The molecule has 174 valence electrons. The first kappa shape index (κ1) is 21.8. The molecule has 5 nitrogen and oxygen atoms in total. The Morgan fingerprint density at radius 1 is 0.875 bits per heavy atom. The van der Waals surface area contributed by atoms with E-state index in [0.717, 1.165) is 42.8 Å². The summed E-state index contributed by atoms with van der Waals surface area (Å²) in [6, 6.07) is 8.02. The van der Waals surface area contributed by atoms with Crippen LogP contribution in [0.1, 0.15) is 63.9 Å². The van der Waals surface area contributed by atoms with Crippen molar-refractivity contribution in [2.75, 3.05) is 32.8 Å². The van der Waals surface area contributed by atoms with Gasteiger partial charge in [-0.1, -0.05) is 25.5 Å². The smallest absolute Gasteiger partial charge is 0.260 e. The Kier molecular flexibility index (Phi) is 6.18. The third kappa shape index (κ3) is 4.67. The van der Waals surface area contributed by atoms with E-state index in [4.69, 9.17) is 4.74 Å². The highest BCUT2D eigenvalue weighted by molar-refractivity contribution is 5.79. The zero-order chi connectivity index (χ0) is 22.1. The van der Waals surface area contributed by atoms with Crippen LogP contribution in [-0.4, -0.2) is 54.4 Å². The fourth-order valence-electron chi connectivity index (χ4n) is 7.42. The van der Waals surface area contributed by atoms with E-state index in [-0.39, 0.29) is 12.5 Å². The maximum Gasteiger partial charge on any atom is 0.260 e. The van der Waals surface area contributed by atoms with Gasteiger partial charge in [0.25, 0.3) is 5.91 Å². The largest absolute Gasteiger partial charge is 0.484 e. The van der Waals surface area contributed by atoms with Gasteiger partial charge in [0.2, 0.25) is 5.91 Å². The van der Waals surface area contributed by atoms with Crippen LogP contribution in [0.4, 0.5) is 0 Å². The summed E-state index contributed by atoms with van der Waals surface area (Å²) < 4.78 is 5.72. The lowest BCUT2D eigenvalue weighted by atomic mass is 9.49. The van der Waals surface area contributed by atoms with Crippen LogP contribution in [0.5, 0.6) is 5.75 Å². The molecule has 0 unspecified atom stereocenters. The van der Waals surface area contributed by atoms with Gasteiger partial charge in [-0.15, -0.1) is 0 Å². The van der Waals surface area contributed by atoms with Crippen molar-refractivity contribution in [3.8, 4) is 5.75 Å². The molecule has 1 aliphatic heterocycles. The molecule has 5 heteroatoms. The number of benzene rings is 1. The Morgan fingerprint density at radius 3 is 1.94 bits per heavy atom. The molecule has 1 aromatic carbocycles. The molecular formula is C27H38N2O3. The Morgan fingerprint density at radius 2 is 1.41 bits per heavy atom. The minimum atomic E-state index is 0.0100. The van der Waals surface area contributed by atoms with Gasteiger partial charge in [0.15, 0.2) is 6.61 Å². The second-order valence-electron chi connectivity index (χ2n) is 11.0. The summed E-state index contributed by atoms with van der Waals surface area (Å²) in [5, 5.41) is 0. The number of rotatable bonds is 7. The monoisotopic (exact) mass is 438 g/mol. The highest BCUT2D eigenvalue weighted by atomic mass is 16.5. The van der Waals surface area contributed by atoms with Crippen LogP contribution in [0, 0.1) is 23.2 Å². The predicted molar refractivity (Wildman–Crippen MR) is 124 cm³/mol. The van der Waals surface area contributed by atoms with Crippen LogP contribution in [0.2, 0.25) is 0 Å². The summed E-state index contributed by atoms with van der Waals surface area (Å²) in [5.41, 5.74) is 1.58. The molecule has 6 rings (SSSR count). The van der Waals surface area contributed by atoms with Gasteiger partial charge in [-0.3, -0.25) is 9.59 Å². The molecule has 32 heavy (non-hydrogen) atoms. The van der Waals surface area contributed by atoms with Crippen LogP contribution < -0.4 is 4.74 Å². The molecule has 4 bridgehead atoms. The summed E-state index contributed by atoms with van der Waals surface area (Å²) in [7, 11) is 0. The molecule has 4 saturated carbocycles. The van der Waals surface area contributed by atoms with Gasteiger partial charge >= 0.3 is 0 Å². The van der Waals surface area contributed by atoms with Gasteiger partial charge in [-0.05, 0) is 85.8 Å². The number of amides is 2. The van der Waals surface area contributed by atoms with Crippen molar-refractivity contribution < 1.29 is 14.3 Å². The second kappa shape index (κ2) is 9.07. The molecule has 0 N–H and O–H groups in total. The van der Waals surface area contributed by atoms with E-state index < -0.39 is 0 Å². The number of carbonyl (C=O) groups is 2. The third-order valence-corrected chi connectivity index (χ3v) is 8.50. The standard InChI is InChI=1S/C27H38N2O3/c1-2-3-20-4-6-24(7-5-20)32-19-26(31)29-10-8-28(9-11-29)25(30)18-27-15-21-12-22(16-27)14-23(13-21)17-27/h4-7,21-23H,2-3,8-19H2,1H3. The zero-order valence-electron chi connectivity index (χ0n) is 19.6. The van der Waals surface area contributed by atoms with Crippen molar-refractivity contribution in [3.63, 3.8) is 0 Å². The minimum absolute atomic E-state index is 0.0100. The van der Waals surface area contributed by atoms with Crippen LogP contribution in [0.15, 0.2) is 24.3 Å². The summed E-state index contributed by atoms with van der Waals surface area (Å²) in [6.07, 6.45) is 11.0. The summed E-state index contributed by atoms with van der Waals surface area (Å²) in [6.45, 7) is 4.77. The number of aryl methyl sites for hydroxylation is 1. The Labute approximate surface area is 192 Å². The molecule has 2 amide bonds. The fraction of sp³-hybridized carbons (Fsp3) is 0.704. The second-order valence-corrected chi connectivity index (χ2v) is 11.0. The number of hydrogen-bond acceptors (Lipinski definition) is 3. The van der Waals surface area contributed by atoms with Crippen molar-refractivity contribution in [2.24, 2.45) is 23.2 Å². The van der Waals surface area contributed by atoms with Gasteiger partial charge in [-0.2, -0.15) is 0 Å². The highest BCUT2D eigenvalue weighted by Gasteiger charge is 2.51. The maximum atomic E-state index is 13.1. The molecular weight excluding hydrogens is 400 g/mol. The van der Waals surface area contributed by atoms with E-state index in [1.165, 1.54) is 44.1 Å². The Balaban J connectivity index is 1.07. The van der Waals surface area contributed by atoms with E-state index in [1.54, 1.807) is 0 Å². The number of ether oxygens (including phenoxy) is 1. The Hall–Kier alpha value is -2.04. The first-order valence-electron chi connectivity index (χ1n) is 12.8. The lowest BCUT2D eigenvalue weighted by Crippen LogP contribution is -2.53. The molecule has 0 spiro atoms. The number of nitrogens with zero attached hydrogens (tertiary/aromatic N) is 2. The maximum absolute atomic E-state index is 13.1. The molecule has 0 atom stereocenters. The fourth-order valence-corrected chi connectivity index (χ4v) is 7.42. The zero-order valence-corrected chi connectivity index (χ0v) is 19.6. The quantitative estimate of drug-likeness (QED) is 0.638. The lowest BCUT2D eigenvalue weighted by molar-refractivity contribution is -0.145. The van der Waals surface area contributed by atoms with Crippen molar-refractivity contribution >= 4 is 11.8 Å². The Bertz CT molecular complexity index is 791. The molecule has 0 radical (unpaired) electrons. The van der Waals surface area contributed by atoms with Gasteiger partial charge in [0, 0.05) is 32.6 Å². The van der Waals surface area contributed by atoms with Crippen LogP contribution in [0.3, 0.4) is 0 Å². The van der Waals surface area contributed by atoms with E-state index in [1.807, 2.05) is 21.9 Å². The first-order chi connectivity index (χ1) is 15.5. The van der Waals surface area contributed by atoms with Crippen LogP contribution in [0.25, 0.3) is 0 Å². The molecule has 1 saturated heterocycles. The van der Waals surface area contributed by atoms with E-state index in [0.29, 0.717) is 37.5 Å². The SMILES string of the molecule is CCCc1ccc(OCC(=O)N2CCN(C(=O)CC34CC5CC(CC(C5)C3)C4)CC2)cc1. The summed E-state index contributed by atoms with van der Waals surface area (Å²) in [4.78, 5) is 29.6. The predicted octanol–water partition coefficient (Wildman–Crippen LogP) is 4.30. The third-order valence-electron chi connectivity index (χ3n) is 8.50. The van der Waals surface area contributed by atoms with E-state index in [2.05, 4.69) is 19.1 Å². The van der Waals surface area contributed by atoms with Crippen molar-refractivity contribution in [3.05, 3.63) is 29.8 Å². The van der Waals surface area contributed by atoms with Crippen molar-refractivity contribution in [2.45, 2.75) is 64.7 Å². The molecule has 1 aromatic rings. The van der Waals surface area contributed by atoms with Crippen LogP contribution >= 0.6 is 0 Å². The van der Waals surface area contributed by atoms with Gasteiger partial charge < -0.3 is 14.5 Å². The lowest BCUT2D eigenvalue weighted by Gasteiger charge is -2.57. The van der Waals surface area contributed by atoms with Gasteiger partial charge in [0.1, 0.15) is 5.75 Å². The number of hydrogen-bond donors (Lipinski definition) is 0. The van der Waals surface area contributed by atoms with Crippen molar-refractivity contribution in [1.29, 1.82) is 0 Å². The summed E-state index contributed by atoms with van der Waals surface area (Å²) >= 11 is 0. The number of carbonyl (C=O) groups excluding carboxylic acids is 2. The highest BCUT2D eigenvalue weighted by Crippen LogP contribution is 2.61. The van der Waals surface area contributed by atoms with E-state index in [9.17, 15) is 9.59 Å². The average Bonchev–Trinajstić information content (AvgIpc) is 2.77. The molecule has 4 aliphatic carbocycles. The normalized spacial score (nSPS) is 31.1. The average molecular weight is 439 g/mol. The molecule has 1 heterocycles. The van der Waals surface area contributed by atoms with Crippen molar-refractivity contribution in [1.82, 2.24) is 9.80 Å².